The second-order valence-corrected chi connectivity index (χ2v) is 4.77. The number of H-pyrrole nitrogens is 1. The van der Waals surface area contributed by atoms with Gasteiger partial charge in [0.05, 0.1) is 5.69 Å². The van der Waals surface area contributed by atoms with Gasteiger partial charge in [-0.05, 0) is 0 Å². The van der Waals surface area contributed by atoms with Gasteiger partial charge in [-0.15, -0.1) is 0 Å². The highest BCUT2D eigenvalue weighted by Crippen LogP contribution is 2.39. The Morgan fingerprint density at radius 2 is 1.80 bits per heavy atom. The number of anilines is 1. The number of piperidine rings is 1. The van der Waals surface area contributed by atoms with E-state index >= 15 is 0 Å². The van der Waals surface area contributed by atoms with Crippen LogP contribution in [0.3, 0.4) is 0 Å². The van der Waals surface area contributed by atoms with Crippen molar-refractivity contribution < 1.29 is 22.0 Å². The van der Waals surface area contributed by atoms with Crippen LogP contribution >= 0.6 is 11.6 Å². The van der Waals surface area contributed by atoms with Crippen molar-refractivity contribution in [3.05, 3.63) is 21.1 Å². The summed E-state index contributed by atoms with van der Waals surface area (Å²) in [6.45, 7) is -0.665. The molecule has 4 nitrogen and oxygen atoms in total. The fraction of sp³-hybridized carbons (Fsp3) is 0.600. The van der Waals surface area contributed by atoms with E-state index in [4.69, 9.17) is 11.6 Å². The summed E-state index contributed by atoms with van der Waals surface area (Å²) in [6.07, 6.45) is -6.16. The van der Waals surface area contributed by atoms with Gasteiger partial charge in [0.15, 0.2) is 5.15 Å². The molecule has 0 aromatic carbocycles. The molecule has 0 radical (unpaired) electrons. The van der Waals surface area contributed by atoms with E-state index in [2.05, 4.69) is 5.10 Å². The summed E-state index contributed by atoms with van der Waals surface area (Å²) >= 11 is 5.60. The zero-order valence-corrected chi connectivity index (χ0v) is 10.7. The standard InChI is InChI=1S/C10H9ClF5N3O/c11-7-6(19-3-1-9(12,13)2-4-19)5(10(14,15)16)8(20)18-17-7/h1-4H2,(H,18,20). The van der Waals surface area contributed by atoms with Crippen molar-refractivity contribution in [2.75, 3.05) is 18.0 Å². The van der Waals surface area contributed by atoms with E-state index in [0.29, 0.717) is 0 Å². The molecule has 2 rings (SSSR count). The van der Waals surface area contributed by atoms with Crippen LogP contribution in [-0.4, -0.2) is 29.2 Å². The first kappa shape index (κ1) is 15.0. The summed E-state index contributed by atoms with van der Waals surface area (Å²) in [4.78, 5) is 12.4. The second-order valence-electron chi connectivity index (χ2n) is 4.41. The zero-order chi connectivity index (χ0) is 15.1. The fourth-order valence-electron chi connectivity index (χ4n) is 2.03. The van der Waals surface area contributed by atoms with Crippen LogP contribution in [-0.2, 0) is 6.18 Å². The Labute approximate surface area is 114 Å². The molecule has 1 aliphatic rings. The summed E-state index contributed by atoms with van der Waals surface area (Å²) < 4.78 is 64.8. The quantitative estimate of drug-likeness (QED) is 0.810. The molecule has 20 heavy (non-hydrogen) atoms. The largest absolute Gasteiger partial charge is 0.423 e. The first-order chi connectivity index (χ1) is 9.12. The van der Waals surface area contributed by atoms with Gasteiger partial charge < -0.3 is 4.90 Å². The van der Waals surface area contributed by atoms with Crippen molar-refractivity contribution in [3.63, 3.8) is 0 Å². The van der Waals surface area contributed by atoms with Gasteiger partial charge in [0.25, 0.3) is 11.5 Å². The highest BCUT2D eigenvalue weighted by atomic mass is 35.5. The lowest BCUT2D eigenvalue weighted by molar-refractivity contribution is -0.138. The number of aromatic nitrogens is 2. The van der Waals surface area contributed by atoms with Crippen LogP contribution in [0.25, 0.3) is 0 Å². The van der Waals surface area contributed by atoms with Crippen LogP contribution in [0.5, 0.6) is 0 Å². The van der Waals surface area contributed by atoms with Crippen molar-refractivity contribution in [3.8, 4) is 0 Å². The monoisotopic (exact) mass is 317 g/mol. The predicted molar refractivity (Wildman–Crippen MR) is 61.3 cm³/mol. The molecule has 0 saturated carbocycles. The third kappa shape index (κ3) is 2.87. The molecular weight excluding hydrogens is 309 g/mol. The molecule has 0 spiro atoms. The lowest BCUT2D eigenvalue weighted by atomic mass is 10.1. The molecule has 1 N–H and O–H groups in total. The molecular formula is C10H9ClF5N3O. The number of nitrogens with one attached hydrogen (secondary N) is 1. The van der Waals surface area contributed by atoms with Crippen LogP contribution in [0.2, 0.25) is 5.15 Å². The first-order valence-corrected chi connectivity index (χ1v) is 5.98. The molecule has 1 aromatic heterocycles. The lowest BCUT2D eigenvalue weighted by Crippen LogP contribution is -2.41. The number of alkyl halides is 5. The van der Waals surface area contributed by atoms with Gasteiger partial charge in [-0.1, -0.05) is 11.6 Å². The number of halogens is 6. The Balaban J connectivity index is 2.47. The number of rotatable bonds is 1. The van der Waals surface area contributed by atoms with Crippen LogP contribution in [0.4, 0.5) is 27.6 Å². The molecule has 10 heteroatoms. The minimum atomic E-state index is -4.95. The van der Waals surface area contributed by atoms with Crippen LogP contribution < -0.4 is 10.5 Å². The van der Waals surface area contributed by atoms with Crippen LogP contribution in [0, 0.1) is 0 Å². The number of nitrogens with zero attached hydrogens (tertiary/aromatic N) is 2. The lowest BCUT2D eigenvalue weighted by Gasteiger charge is -2.34. The molecule has 1 saturated heterocycles. The van der Waals surface area contributed by atoms with E-state index in [-0.39, 0.29) is 13.1 Å². The Morgan fingerprint density at radius 3 is 2.30 bits per heavy atom. The Morgan fingerprint density at radius 1 is 1.25 bits per heavy atom. The van der Waals surface area contributed by atoms with E-state index in [1.807, 2.05) is 0 Å². The van der Waals surface area contributed by atoms with Gasteiger partial charge in [0, 0.05) is 25.9 Å². The van der Waals surface area contributed by atoms with Crippen molar-refractivity contribution in [1.82, 2.24) is 10.2 Å². The summed E-state index contributed by atoms with van der Waals surface area (Å²) in [7, 11) is 0. The molecule has 0 amide bonds. The minimum absolute atomic E-state index is 0.332. The molecule has 1 aliphatic heterocycles. The van der Waals surface area contributed by atoms with E-state index in [1.165, 1.54) is 0 Å². The van der Waals surface area contributed by atoms with E-state index < -0.39 is 46.9 Å². The Hall–Kier alpha value is -1.38. The summed E-state index contributed by atoms with van der Waals surface area (Å²) in [5.41, 5.74) is -3.60. The topological polar surface area (TPSA) is 49.0 Å². The minimum Gasteiger partial charge on any atom is -0.368 e. The summed E-state index contributed by atoms with van der Waals surface area (Å²) in [6, 6.07) is 0. The van der Waals surface area contributed by atoms with Crippen LogP contribution in [0.1, 0.15) is 18.4 Å². The van der Waals surface area contributed by atoms with Crippen molar-refractivity contribution in [1.29, 1.82) is 0 Å². The third-order valence-corrected chi connectivity index (χ3v) is 3.27. The van der Waals surface area contributed by atoms with E-state index in [1.54, 1.807) is 5.10 Å². The highest BCUT2D eigenvalue weighted by Gasteiger charge is 2.42. The van der Waals surface area contributed by atoms with Gasteiger partial charge in [0.1, 0.15) is 5.56 Å². The molecule has 2 heterocycles. The molecule has 0 aliphatic carbocycles. The number of aromatic amines is 1. The summed E-state index contributed by atoms with van der Waals surface area (Å²) in [5, 5.41) is 4.33. The maximum absolute atomic E-state index is 13.0. The molecule has 112 valence electrons. The third-order valence-electron chi connectivity index (χ3n) is 3.01. The Bertz CT molecular complexity index is 561. The van der Waals surface area contributed by atoms with Crippen LogP contribution in [0.15, 0.2) is 4.79 Å². The van der Waals surface area contributed by atoms with Crippen molar-refractivity contribution in [2.24, 2.45) is 0 Å². The molecule has 1 fully saturated rings. The van der Waals surface area contributed by atoms with E-state index in [9.17, 15) is 26.7 Å². The fourth-order valence-corrected chi connectivity index (χ4v) is 2.28. The number of hydrogen-bond donors (Lipinski definition) is 1. The molecule has 0 bridgehead atoms. The average Bonchev–Trinajstić information content (AvgIpc) is 2.31. The normalized spacial score (nSPS) is 19.2. The van der Waals surface area contributed by atoms with Crippen molar-refractivity contribution >= 4 is 17.3 Å². The van der Waals surface area contributed by atoms with Gasteiger partial charge in [-0.25, -0.2) is 13.9 Å². The maximum Gasteiger partial charge on any atom is 0.423 e. The van der Waals surface area contributed by atoms with Gasteiger partial charge >= 0.3 is 6.18 Å². The highest BCUT2D eigenvalue weighted by molar-refractivity contribution is 6.32. The van der Waals surface area contributed by atoms with E-state index in [0.717, 1.165) is 4.90 Å². The molecule has 0 unspecified atom stereocenters. The summed E-state index contributed by atoms with van der Waals surface area (Å²) in [5.74, 6) is -2.92. The van der Waals surface area contributed by atoms with Gasteiger partial charge in [0.2, 0.25) is 0 Å². The zero-order valence-electron chi connectivity index (χ0n) is 9.90. The van der Waals surface area contributed by atoms with Gasteiger partial charge in [-0.2, -0.15) is 18.3 Å². The smallest absolute Gasteiger partial charge is 0.368 e. The number of hydrogen-bond acceptors (Lipinski definition) is 3. The first-order valence-electron chi connectivity index (χ1n) is 5.60. The second kappa shape index (κ2) is 4.87. The SMILES string of the molecule is O=c1[nH]nc(Cl)c(N2CCC(F)(F)CC2)c1C(F)(F)F. The van der Waals surface area contributed by atoms with Gasteiger partial charge in [-0.3, -0.25) is 4.79 Å². The molecule has 1 aromatic rings. The molecule has 0 atom stereocenters. The van der Waals surface area contributed by atoms with Crippen molar-refractivity contribution in [2.45, 2.75) is 24.9 Å². The average molecular weight is 318 g/mol. The Kier molecular flexibility index (Phi) is 3.66. The predicted octanol–water partition coefficient (Wildman–Crippen LogP) is 2.68. The maximum atomic E-state index is 13.0.